The Labute approximate surface area is 117 Å². The summed E-state index contributed by atoms with van der Waals surface area (Å²) in [7, 11) is 1.62. The highest BCUT2D eigenvalue weighted by Gasteiger charge is 2.20. The predicted molar refractivity (Wildman–Crippen MR) is 73.4 cm³/mol. The standard InChI is InChI=1S/C13H22N4O3/c1-10(9-18)15(2)12(19)8-17-13(20)16-7-5-3-4-6-11(16)14-17/h10,18H,3-9H2,1-2H3. The fourth-order valence-corrected chi connectivity index (χ4v) is 2.34. The summed E-state index contributed by atoms with van der Waals surface area (Å²) < 4.78 is 2.92. The van der Waals surface area contributed by atoms with Crippen LogP contribution >= 0.6 is 0 Å². The number of carbonyl (C=O) groups is 1. The molecule has 0 spiro atoms. The third-order valence-corrected chi connectivity index (χ3v) is 3.89. The first kappa shape index (κ1) is 14.8. The number of aliphatic hydroxyl groups excluding tert-OH is 1. The minimum atomic E-state index is -0.265. The van der Waals surface area contributed by atoms with Crippen LogP contribution in [0.5, 0.6) is 0 Å². The molecule has 1 atom stereocenters. The number of amides is 1. The van der Waals surface area contributed by atoms with Gasteiger partial charge in [-0.3, -0.25) is 9.36 Å². The maximum absolute atomic E-state index is 12.2. The van der Waals surface area contributed by atoms with Gasteiger partial charge in [-0.2, -0.15) is 5.10 Å². The lowest BCUT2D eigenvalue weighted by Gasteiger charge is -2.22. The molecule has 0 saturated carbocycles. The molecule has 0 radical (unpaired) electrons. The molecule has 0 aliphatic carbocycles. The normalized spacial score (nSPS) is 16.4. The van der Waals surface area contributed by atoms with Gasteiger partial charge >= 0.3 is 5.69 Å². The van der Waals surface area contributed by atoms with Crippen molar-refractivity contribution in [3.8, 4) is 0 Å². The molecular formula is C13H22N4O3. The smallest absolute Gasteiger partial charge is 0.346 e. The first-order valence-corrected chi connectivity index (χ1v) is 7.07. The number of aliphatic hydroxyl groups is 1. The molecule has 112 valence electrons. The minimum absolute atomic E-state index is 0.0698. The van der Waals surface area contributed by atoms with Crippen molar-refractivity contribution in [1.82, 2.24) is 19.2 Å². The van der Waals surface area contributed by atoms with Crippen molar-refractivity contribution in [1.29, 1.82) is 0 Å². The van der Waals surface area contributed by atoms with Crippen molar-refractivity contribution in [2.75, 3.05) is 13.7 Å². The summed E-state index contributed by atoms with van der Waals surface area (Å²) in [5.74, 6) is 0.556. The van der Waals surface area contributed by atoms with Crippen molar-refractivity contribution >= 4 is 5.91 Å². The maximum Gasteiger partial charge on any atom is 0.346 e. The van der Waals surface area contributed by atoms with Gasteiger partial charge in [0, 0.05) is 20.0 Å². The number of hydrogen-bond donors (Lipinski definition) is 1. The summed E-state index contributed by atoms with van der Waals surface area (Å²) in [5.41, 5.74) is -0.208. The van der Waals surface area contributed by atoms with E-state index in [-0.39, 0.29) is 30.8 Å². The maximum atomic E-state index is 12.2. The average Bonchev–Trinajstić information content (AvgIpc) is 2.63. The monoisotopic (exact) mass is 282 g/mol. The van der Waals surface area contributed by atoms with Gasteiger partial charge < -0.3 is 10.0 Å². The Morgan fingerprint density at radius 1 is 1.45 bits per heavy atom. The zero-order valence-electron chi connectivity index (χ0n) is 12.1. The summed E-state index contributed by atoms with van der Waals surface area (Å²) >= 11 is 0. The van der Waals surface area contributed by atoms with Gasteiger partial charge in [-0.25, -0.2) is 9.48 Å². The van der Waals surface area contributed by atoms with E-state index < -0.39 is 0 Å². The Morgan fingerprint density at radius 3 is 2.90 bits per heavy atom. The molecule has 0 saturated heterocycles. The van der Waals surface area contributed by atoms with Crippen LogP contribution < -0.4 is 5.69 Å². The third kappa shape index (κ3) is 2.92. The van der Waals surface area contributed by atoms with Crippen molar-refractivity contribution in [2.45, 2.75) is 51.7 Å². The molecule has 1 aromatic rings. The molecule has 1 amide bonds. The van der Waals surface area contributed by atoms with Crippen LogP contribution in [0, 0.1) is 0 Å². The van der Waals surface area contributed by atoms with Gasteiger partial charge in [-0.05, 0) is 19.8 Å². The second kappa shape index (κ2) is 6.21. The summed E-state index contributed by atoms with van der Waals surface area (Å²) in [4.78, 5) is 25.7. The first-order chi connectivity index (χ1) is 9.54. The fourth-order valence-electron chi connectivity index (χ4n) is 2.34. The number of aromatic nitrogens is 3. The number of aryl methyl sites for hydroxylation is 1. The zero-order chi connectivity index (χ0) is 14.7. The van der Waals surface area contributed by atoms with Gasteiger partial charge in [-0.15, -0.1) is 0 Å². The molecule has 2 heterocycles. The molecule has 7 heteroatoms. The number of nitrogens with zero attached hydrogens (tertiary/aromatic N) is 4. The number of hydrogen-bond acceptors (Lipinski definition) is 4. The van der Waals surface area contributed by atoms with Crippen LogP contribution in [0.2, 0.25) is 0 Å². The number of fused-ring (bicyclic) bond motifs is 1. The topological polar surface area (TPSA) is 80.4 Å². The van der Waals surface area contributed by atoms with Gasteiger partial charge in [-0.1, -0.05) is 6.42 Å². The lowest BCUT2D eigenvalue weighted by atomic mass is 10.2. The SMILES string of the molecule is CC(CO)N(C)C(=O)Cn1nc2n(c1=O)CCCCC2. The molecule has 1 N–H and O–H groups in total. The van der Waals surface area contributed by atoms with E-state index >= 15 is 0 Å². The summed E-state index contributed by atoms with van der Waals surface area (Å²) in [5, 5.41) is 13.3. The number of carbonyl (C=O) groups excluding carboxylic acids is 1. The Balaban J connectivity index is 2.14. The Kier molecular flexibility index (Phi) is 4.59. The molecule has 1 aromatic heterocycles. The van der Waals surface area contributed by atoms with E-state index in [1.54, 1.807) is 18.5 Å². The van der Waals surface area contributed by atoms with Gasteiger partial charge in [0.15, 0.2) is 0 Å². The second-order valence-electron chi connectivity index (χ2n) is 5.35. The second-order valence-corrected chi connectivity index (χ2v) is 5.35. The Hall–Kier alpha value is -1.63. The van der Waals surface area contributed by atoms with E-state index in [1.807, 2.05) is 0 Å². The molecule has 20 heavy (non-hydrogen) atoms. The van der Waals surface area contributed by atoms with Crippen LogP contribution in [-0.4, -0.2) is 50.0 Å². The highest BCUT2D eigenvalue weighted by atomic mass is 16.3. The minimum Gasteiger partial charge on any atom is -0.394 e. The molecule has 2 rings (SSSR count). The molecule has 0 aromatic carbocycles. The highest BCUT2D eigenvalue weighted by molar-refractivity contribution is 5.75. The van der Waals surface area contributed by atoms with Crippen LogP contribution in [-0.2, 0) is 24.3 Å². The van der Waals surface area contributed by atoms with Gasteiger partial charge in [0.2, 0.25) is 5.91 Å². The van der Waals surface area contributed by atoms with Crippen LogP contribution in [0.15, 0.2) is 4.79 Å². The lowest BCUT2D eigenvalue weighted by Crippen LogP contribution is -2.41. The highest BCUT2D eigenvalue weighted by Crippen LogP contribution is 2.10. The summed E-state index contributed by atoms with van der Waals surface area (Å²) in [6.45, 7) is 2.27. The van der Waals surface area contributed by atoms with Gasteiger partial charge in [0.25, 0.3) is 0 Å². The van der Waals surface area contributed by atoms with Crippen LogP contribution in [0.3, 0.4) is 0 Å². The Bertz CT molecular complexity index is 534. The number of likely N-dealkylation sites (N-methyl/N-ethyl adjacent to an activating group) is 1. The van der Waals surface area contributed by atoms with Crippen molar-refractivity contribution in [2.24, 2.45) is 0 Å². The van der Waals surface area contributed by atoms with Crippen LogP contribution in [0.1, 0.15) is 32.0 Å². The molecule has 0 fully saturated rings. The van der Waals surface area contributed by atoms with Crippen LogP contribution in [0.25, 0.3) is 0 Å². The average molecular weight is 282 g/mol. The lowest BCUT2D eigenvalue weighted by molar-refractivity contribution is -0.133. The third-order valence-electron chi connectivity index (χ3n) is 3.89. The van der Waals surface area contributed by atoms with Crippen molar-refractivity contribution in [3.63, 3.8) is 0 Å². The molecule has 0 bridgehead atoms. The van der Waals surface area contributed by atoms with Crippen molar-refractivity contribution < 1.29 is 9.90 Å². The van der Waals surface area contributed by atoms with Gasteiger partial charge in [0.05, 0.1) is 12.6 Å². The summed E-state index contributed by atoms with van der Waals surface area (Å²) in [6.07, 6.45) is 3.91. The largest absolute Gasteiger partial charge is 0.394 e. The quantitative estimate of drug-likeness (QED) is 0.815. The van der Waals surface area contributed by atoms with E-state index in [0.717, 1.165) is 31.5 Å². The van der Waals surface area contributed by atoms with Gasteiger partial charge in [0.1, 0.15) is 12.4 Å². The van der Waals surface area contributed by atoms with E-state index in [1.165, 1.54) is 9.58 Å². The molecule has 1 unspecified atom stereocenters. The van der Waals surface area contributed by atoms with E-state index in [0.29, 0.717) is 6.54 Å². The van der Waals surface area contributed by atoms with E-state index in [2.05, 4.69) is 5.10 Å². The van der Waals surface area contributed by atoms with E-state index in [9.17, 15) is 9.59 Å². The van der Waals surface area contributed by atoms with Crippen LogP contribution in [0.4, 0.5) is 0 Å². The zero-order valence-corrected chi connectivity index (χ0v) is 12.1. The molecular weight excluding hydrogens is 260 g/mol. The van der Waals surface area contributed by atoms with Crippen molar-refractivity contribution in [3.05, 3.63) is 16.3 Å². The Morgan fingerprint density at radius 2 is 2.20 bits per heavy atom. The molecule has 1 aliphatic heterocycles. The summed E-state index contributed by atoms with van der Waals surface area (Å²) in [6, 6.07) is -0.265. The number of rotatable bonds is 4. The first-order valence-electron chi connectivity index (χ1n) is 7.07. The molecule has 1 aliphatic rings. The van der Waals surface area contributed by atoms with E-state index in [4.69, 9.17) is 5.11 Å². The fraction of sp³-hybridized carbons (Fsp3) is 0.769. The molecule has 7 nitrogen and oxygen atoms in total. The predicted octanol–water partition coefficient (Wildman–Crippen LogP) is -0.390.